The summed E-state index contributed by atoms with van der Waals surface area (Å²) in [6.07, 6.45) is 1.40. The molecule has 170 valence electrons. The van der Waals surface area contributed by atoms with Crippen molar-refractivity contribution in [3.8, 4) is 0 Å². The molecule has 11 nitrogen and oxygen atoms in total. The lowest BCUT2D eigenvalue weighted by atomic mass is 10.2. The maximum atomic E-state index is 12.6. The summed E-state index contributed by atoms with van der Waals surface area (Å²) in [4.78, 5) is 38.8. The first kappa shape index (κ1) is 22.6. The van der Waals surface area contributed by atoms with Crippen molar-refractivity contribution in [2.75, 3.05) is 5.43 Å². The number of para-hydroxylation sites is 1. The molecule has 1 aromatic heterocycles. The number of nitro groups is 2. The van der Waals surface area contributed by atoms with Crippen LogP contribution < -0.4 is 11.0 Å². The summed E-state index contributed by atoms with van der Waals surface area (Å²) in [5.41, 5.74) is 3.77. The van der Waals surface area contributed by atoms with E-state index in [-0.39, 0.29) is 16.9 Å². The van der Waals surface area contributed by atoms with Crippen LogP contribution in [0.3, 0.4) is 0 Å². The Hall–Kier alpha value is -4.58. The molecular formula is C22H16N6O5S. The number of non-ortho nitro benzene ring substituents is 1. The van der Waals surface area contributed by atoms with Gasteiger partial charge in [0.2, 0.25) is 0 Å². The third-order valence-electron chi connectivity index (χ3n) is 4.81. The van der Waals surface area contributed by atoms with E-state index in [1.54, 1.807) is 43.4 Å². The molecule has 4 rings (SSSR count). The lowest BCUT2D eigenvalue weighted by molar-refractivity contribution is -0.387. The number of nitro benzene ring substituents is 2. The van der Waals surface area contributed by atoms with Crippen LogP contribution in [0.5, 0.6) is 0 Å². The molecule has 0 amide bonds. The maximum absolute atomic E-state index is 12.6. The predicted molar refractivity (Wildman–Crippen MR) is 129 cm³/mol. The molecule has 0 fully saturated rings. The SMILES string of the molecule is Cn1c(Sc2ccc(/C=N\Nc3ccc([N+](=O)[O-])cc3)cc2[N+](=O)[O-])nc2ccccc2c1=O. The molecular weight excluding hydrogens is 460 g/mol. The Labute approximate surface area is 196 Å². The Morgan fingerprint density at radius 2 is 1.76 bits per heavy atom. The van der Waals surface area contributed by atoms with Crippen molar-refractivity contribution in [2.45, 2.75) is 10.1 Å². The molecule has 1 N–H and O–H groups in total. The van der Waals surface area contributed by atoms with Gasteiger partial charge in [-0.15, -0.1) is 0 Å². The number of hydrazone groups is 1. The Morgan fingerprint density at radius 3 is 2.47 bits per heavy atom. The number of nitrogens with zero attached hydrogens (tertiary/aromatic N) is 5. The van der Waals surface area contributed by atoms with Gasteiger partial charge in [-0.3, -0.25) is 35.0 Å². The van der Waals surface area contributed by atoms with E-state index >= 15 is 0 Å². The molecule has 4 aromatic rings. The highest BCUT2D eigenvalue weighted by Gasteiger charge is 2.18. The van der Waals surface area contributed by atoms with Crippen molar-refractivity contribution in [2.24, 2.45) is 12.1 Å². The largest absolute Gasteiger partial charge is 0.290 e. The molecule has 0 saturated carbocycles. The number of aromatic nitrogens is 2. The second kappa shape index (κ2) is 9.50. The van der Waals surface area contributed by atoms with Gasteiger partial charge in [-0.2, -0.15) is 5.10 Å². The maximum Gasteiger partial charge on any atom is 0.283 e. The quantitative estimate of drug-likeness (QED) is 0.179. The normalized spacial score (nSPS) is 11.1. The molecule has 0 aliphatic carbocycles. The van der Waals surface area contributed by atoms with Gasteiger partial charge in [-0.25, -0.2) is 4.98 Å². The molecule has 3 aromatic carbocycles. The minimum absolute atomic E-state index is 0.0448. The monoisotopic (exact) mass is 476 g/mol. The Bertz CT molecular complexity index is 1500. The average molecular weight is 476 g/mol. The zero-order valence-corrected chi connectivity index (χ0v) is 18.4. The molecule has 0 bridgehead atoms. The third-order valence-corrected chi connectivity index (χ3v) is 5.92. The van der Waals surface area contributed by atoms with E-state index < -0.39 is 9.85 Å². The van der Waals surface area contributed by atoms with Gasteiger partial charge < -0.3 is 0 Å². The summed E-state index contributed by atoms with van der Waals surface area (Å²) in [6, 6.07) is 17.2. The lowest BCUT2D eigenvalue weighted by Crippen LogP contribution is -2.19. The Kier molecular flexibility index (Phi) is 6.32. The summed E-state index contributed by atoms with van der Waals surface area (Å²) in [7, 11) is 1.57. The van der Waals surface area contributed by atoms with Crippen LogP contribution in [0.2, 0.25) is 0 Å². The van der Waals surface area contributed by atoms with Crippen molar-refractivity contribution in [3.05, 3.63) is 103 Å². The first-order chi connectivity index (χ1) is 16.3. The predicted octanol–water partition coefficient (Wildman–Crippen LogP) is 4.35. The topological polar surface area (TPSA) is 146 Å². The number of hydrogen-bond acceptors (Lipinski definition) is 9. The lowest BCUT2D eigenvalue weighted by Gasteiger charge is -2.09. The van der Waals surface area contributed by atoms with Crippen molar-refractivity contribution in [1.29, 1.82) is 0 Å². The molecule has 0 radical (unpaired) electrons. The molecule has 1 heterocycles. The van der Waals surface area contributed by atoms with Gasteiger partial charge in [0.1, 0.15) is 0 Å². The zero-order valence-electron chi connectivity index (χ0n) is 17.6. The van der Waals surface area contributed by atoms with Gasteiger partial charge in [-0.05, 0) is 42.1 Å². The fraction of sp³-hybridized carbons (Fsp3) is 0.0455. The van der Waals surface area contributed by atoms with Gasteiger partial charge in [0.25, 0.3) is 16.9 Å². The highest BCUT2D eigenvalue weighted by Crippen LogP contribution is 2.34. The van der Waals surface area contributed by atoms with Gasteiger partial charge in [0.15, 0.2) is 5.16 Å². The van der Waals surface area contributed by atoms with Gasteiger partial charge in [0, 0.05) is 30.8 Å². The van der Waals surface area contributed by atoms with Gasteiger partial charge in [0.05, 0.1) is 37.5 Å². The van der Waals surface area contributed by atoms with Crippen LogP contribution in [-0.4, -0.2) is 25.6 Å². The van der Waals surface area contributed by atoms with E-state index in [1.165, 1.54) is 41.1 Å². The third kappa shape index (κ3) is 4.76. The fourth-order valence-electron chi connectivity index (χ4n) is 3.07. The standard InChI is InChI=1S/C22H16N6O5S/c1-26-21(29)17-4-2-3-5-18(17)24-22(26)34-20-11-6-14(12-19(20)28(32)33)13-23-25-15-7-9-16(10-8-15)27(30)31/h2-13,25H,1H3/b23-13-. The highest BCUT2D eigenvalue weighted by atomic mass is 32.2. The number of fused-ring (bicyclic) bond motifs is 1. The van der Waals surface area contributed by atoms with Crippen LogP contribution in [0.1, 0.15) is 5.56 Å². The first-order valence-electron chi connectivity index (χ1n) is 9.79. The smallest absolute Gasteiger partial charge is 0.283 e. The van der Waals surface area contributed by atoms with Crippen molar-refractivity contribution in [1.82, 2.24) is 9.55 Å². The second-order valence-electron chi connectivity index (χ2n) is 7.04. The number of rotatable bonds is 7. The minimum atomic E-state index is -0.511. The molecule has 0 spiro atoms. The molecule has 0 atom stereocenters. The number of anilines is 1. The molecule has 0 aliphatic heterocycles. The van der Waals surface area contributed by atoms with E-state index in [1.807, 2.05) is 0 Å². The van der Waals surface area contributed by atoms with Crippen LogP contribution in [0.15, 0.2) is 86.7 Å². The minimum Gasteiger partial charge on any atom is -0.290 e. The fourth-order valence-corrected chi connectivity index (χ4v) is 4.00. The number of nitrogens with one attached hydrogen (secondary N) is 1. The summed E-state index contributed by atoms with van der Waals surface area (Å²) < 4.78 is 1.36. The van der Waals surface area contributed by atoms with Gasteiger partial charge in [-0.1, -0.05) is 18.2 Å². The van der Waals surface area contributed by atoms with Crippen LogP contribution >= 0.6 is 11.8 Å². The van der Waals surface area contributed by atoms with Crippen LogP contribution in [-0.2, 0) is 7.05 Å². The average Bonchev–Trinajstić information content (AvgIpc) is 2.83. The van der Waals surface area contributed by atoms with E-state index in [0.717, 1.165) is 11.8 Å². The summed E-state index contributed by atoms with van der Waals surface area (Å²) in [5.74, 6) is 0. The molecule has 0 saturated heterocycles. The highest BCUT2D eigenvalue weighted by molar-refractivity contribution is 7.99. The molecule has 0 unspecified atom stereocenters. The Morgan fingerprint density at radius 1 is 1.03 bits per heavy atom. The van der Waals surface area contributed by atoms with Crippen LogP contribution in [0.4, 0.5) is 17.1 Å². The number of benzene rings is 3. The second-order valence-corrected chi connectivity index (χ2v) is 8.05. The van der Waals surface area contributed by atoms with E-state index in [2.05, 4.69) is 15.5 Å². The van der Waals surface area contributed by atoms with Crippen molar-refractivity contribution in [3.63, 3.8) is 0 Å². The van der Waals surface area contributed by atoms with Gasteiger partial charge >= 0.3 is 0 Å². The summed E-state index contributed by atoms with van der Waals surface area (Å²) in [5, 5.41) is 27.2. The molecule has 12 heteroatoms. The van der Waals surface area contributed by atoms with E-state index in [0.29, 0.717) is 32.2 Å². The summed E-state index contributed by atoms with van der Waals surface area (Å²) >= 11 is 1.03. The Balaban J connectivity index is 1.57. The van der Waals surface area contributed by atoms with Crippen LogP contribution in [0.25, 0.3) is 10.9 Å². The molecule has 34 heavy (non-hydrogen) atoms. The van der Waals surface area contributed by atoms with E-state index in [9.17, 15) is 25.0 Å². The van der Waals surface area contributed by atoms with E-state index in [4.69, 9.17) is 0 Å². The van der Waals surface area contributed by atoms with Crippen LogP contribution in [0, 0.1) is 20.2 Å². The summed E-state index contributed by atoms with van der Waals surface area (Å²) in [6.45, 7) is 0. The van der Waals surface area contributed by atoms with Crippen molar-refractivity contribution < 1.29 is 9.85 Å². The zero-order chi connectivity index (χ0) is 24.2. The number of hydrogen-bond donors (Lipinski definition) is 1. The molecule has 0 aliphatic rings. The first-order valence-corrected chi connectivity index (χ1v) is 10.6. The van der Waals surface area contributed by atoms with Crippen molar-refractivity contribution >= 4 is 45.9 Å².